The minimum Gasteiger partial charge on any atom is -0.489 e. The number of hydrogen-bond donors (Lipinski definition) is 0. The van der Waals surface area contributed by atoms with E-state index in [9.17, 15) is 0 Å². The smallest absolute Gasteiger partial charge is 0.123 e. The van der Waals surface area contributed by atoms with Crippen LogP contribution in [0.25, 0.3) is 21.8 Å². The minimum atomic E-state index is 0.370. The van der Waals surface area contributed by atoms with E-state index in [1.54, 1.807) is 0 Å². The van der Waals surface area contributed by atoms with Gasteiger partial charge in [-0.1, -0.05) is 170 Å². The zero-order chi connectivity index (χ0) is 52.6. The second kappa shape index (κ2) is 25.4. The van der Waals surface area contributed by atoms with Gasteiger partial charge in [0.2, 0.25) is 0 Å². The number of hydrogen-bond acceptors (Lipinski definition) is 8. The molecule has 0 radical (unpaired) electrons. The fourth-order valence-electron chi connectivity index (χ4n) is 9.23. The predicted octanol–water partition coefficient (Wildman–Crippen LogP) is 15.8. The van der Waals surface area contributed by atoms with Crippen LogP contribution in [0.4, 0.5) is 0 Å². The highest BCUT2D eigenvalue weighted by molar-refractivity contribution is 6.02. The third-order valence-corrected chi connectivity index (χ3v) is 13.5. The monoisotopic (exact) mass is 1020 g/mol. The first-order valence-corrected chi connectivity index (χ1v) is 26.6. The molecule has 0 N–H and O–H groups in total. The van der Waals surface area contributed by atoms with Crippen molar-refractivity contribution in [2.45, 2.75) is 65.3 Å². The molecule has 0 aliphatic carbocycles. The van der Waals surface area contributed by atoms with Gasteiger partial charge < -0.3 is 28.4 Å². The Morgan fingerprint density at radius 2 is 0.500 bits per heavy atom. The molecule has 11 aromatic rings. The summed E-state index contributed by atoms with van der Waals surface area (Å²) >= 11 is 0. The largest absolute Gasteiger partial charge is 0.489 e. The molecule has 0 bridgehead atoms. The van der Waals surface area contributed by atoms with Gasteiger partial charge in [-0.3, -0.25) is 9.97 Å². The molecule has 2 aromatic heterocycles. The van der Waals surface area contributed by atoms with Crippen LogP contribution in [0.3, 0.4) is 0 Å². The molecule has 9 aromatic carbocycles. The van der Waals surface area contributed by atoms with Gasteiger partial charge >= 0.3 is 0 Å². The molecule has 0 fully saturated rings. The third kappa shape index (κ3) is 14.3. The highest BCUT2D eigenvalue weighted by Crippen LogP contribution is 2.29. The maximum Gasteiger partial charge on any atom is 0.123 e. The highest BCUT2D eigenvalue weighted by Gasteiger charge is 2.12. The number of aryl methyl sites for hydroxylation is 4. The normalized spacial score (nSPS) is 11.1. The lowest BCUT2D eigenvalue weighted by atomic mass is 10.0. The van der Waals surface area contributed by atoms with Crippen molar-refractivity contribution in [1.29, 1.82) is 0 Å². The first-order chi connectivity index (χ1) is 38.5. The number of rotatable bonds is 24. The van der Waals surface area contributed by atoms with Gasteiger partial charge in [-0.25, -0.2) is 0 Å². The molecule has 0 saturated carbocycles. The number of fused-ring (bicyclic) bond motifs is 3. The van der Waals surface area contributed by atoms with E-state index in [2.05, 4.69) is 109 Å². The molecule has 386 valence electrons. The molecular weight excluding hydrogens is 965 g/mol. The Morgan fingerprint density at radius 1 is 0.218 bits per heavy atom. The van der Waals surface area contributed by atoms with E-state index in [0.717, 1.165) is 127 Å². The van der Waals surface area contributed by atoms with E-state index in [4.69, 9.17) is 38.4 Å². The van der Waals surface area contributed by atoms with Crippen molar-refractivity contribution >= 4 is 21.8 Å². The Labute approximate surface area is 456 Å². The van der Waals surface area contributed by atoms with Crippen LogP contribution in [-0.4, -0.2) is 9.97 Å². The first kappa shape index (κ1) is 50.7. The molecule has 11 rings (SSSR count). The Hall–Kier alpha value is -9.40. The zero-order valence-electron chi connectivity index (χ0n) is 43.5. The fraction of sp³-hybridized carbons (Fsp3) is 0.143. The summed E-state index contributed by atoms with van der Waals surface area (Å²) in [6.07, 6.45) is 3.29. The van der Waals surface area contributed by atoms with Crippen LogP contribution in [0.2, 0.25) is 0 Å². The van der Waals surface area contributed by atoms with Gasteiger partial charge in [0.05, 0.1) is 11.0 Å². The zero-order valence-corrected chi connectivity index (χ0v) is 43.5. The van der Waals surface area contributed by atoms with Crippen molar-refractivity contribution in [2.75, 3.05) is 0 Å². The van der Waals surface area contributed by atoms with Gasteiger partial charge in [-0.2, -0.15) is 0 Å². The molecule has 8 heteroatoms. The van der Waals surface area contributed by atoms with Gasteiger partial charge in [0.15, 0.2) is 0 Å². The van der Waals surface area contributed by atoms with Crippen LogP contribution in [0.15, 0.2) is 243 Å². The van der Waals surface area contributed by atoms with Crippen molar-refractivity contribution in [1.82, 2.24) is 9.97 Å². The van der Waals surface area contributed by atoms with Crippen LogP contribution < -0.4 is 28.4 Å². The lowest BCUT2D eigenvalue weighted by Gasteiger charge is -2.14. The molecule has 0 spiro atoms. The Bertz CT molecular complexity index is 3300. The number of benzene rings is 9. The summed E-state index contributed by atoms with van der Waals surface area (Å²) in [6.45, 7) is 2.59. The quantitative estimate of drug-likeness (QED) is 0.0554. The lowest BCUT2D eigenvalue weighted by molar-refractivity contribution is 0.281. The standard InChI is InChI=1S/C70H60N2O6/c1-5-13-53(14-6-1)45-75-65-39-57(40-66(43-65)76-46-54-15-7-2-8-16-54)49-73-63-35-23-51(24-36-63)21-31-61-33-29-59-27-28-60-30-34-62(72-70(60)69(59)71-61)32-22-52-25-37-64(38-26-52)74-50-58-41-67(77-47-55-17-9-3-10-18-55)44-68(42-58)78-48-56-19-11-4-12-20-56/h1-20,23-30,33-44H,21-22,31-32,45-50H2. The first-order valence-electron chi connectivity index (χ1n) is 26.6. The van der Waals surface area contributed by atoms with Crippen LogP contribution in [0, 0.1) is 0 Å². The van der Waals surface area contributed by atoms with Crippen molar-refractivity contribution in [3.8, 4) is 34.5 Å². The Balaban J connectivity index is 0.687. The van der Waals surface area contributed by atoms with E-state index in [1.165, 1.54) is 11.1 Å². The van der Waals surface area contributed by atoms with Gasteiger partial charge in [0.1, 0.15) is 74.1 Å². The molecule has 78 heavy (non-hydrogen) atoms. The van der Waals surface area contributed by atoms with Crippen molar-refractivity contribution in [3.63, 3.8) is 0 Å². The van der Waals surface area contributed by atoms with Crippen LogP contribution in [0.1, 0.15) is 55.9 Å². The number of pyridine rings is 2. The molecule has 0 aliphatic heterocycles. The molecular formula is C70H60N2O6. The van der Waals surface area contributed by atoms with Crippen LogP contribution in [0.5, 0.6) is 34.5 Å². The summed E-state index contributed by atoms with van der Waals surface area (Å²) < 4.78 is 37.5. The van der Waals surface area contributed by atoms with Crippen LogP contribution in [-0.2, 0) is 65.3 Å². The number of aromatic nitrogens is 2. The molecule has 0 atom stereocenters. The lowest BCUT2D eigenvalue weighted by Crippen LogP contribution is -2.01. The van der Waals surface area contributed by atoms with E-state index >= 15 is 0 Å². The van der Waals surface area contributed by atoms with E-state index < -0.39 is 0 Å². The molecule has 0 aliphatic rings. The van der Waals surface area contributed by atoms with Crippen molar-refractivity contribution in [2.24, 2.45) is 0 Å². The number of nitrogens with zero attached hydrogens (tertiary/aromatic N) is 2. The second-order valence-electron chi connectivity index (χ2n) is 19.4. The SMILES string of the molecule is c1ccc(COc2cc(COc3ccc(CCc4ccc5ccc6ccc(CCc7ccc(OCc8cc(OCc9ccccc9)cc(OCc9ccccc9)c8)cc7)nc6c5n4)cc3)cc(OCc3ccccc3)c2)cc1. The molecule has 8 nitrogen and oxygen atoms in total. The molecule has 0 saturated heterocycles. The maximum atomic E-state index is 6.31. The molecule has 0 unspecified atom stereocenters. The van der Waals surface area contributed by atoms with E-state index in [1.807, 2.05) is 133 Å². The Morgan fingerprint density at radius 3 is 0.821 bits per heavy atom. The average molecular weight is 1030 g/mol. The topological polar surface area (TPSA) is 81.2 Å². The van der Waals surface area contributed by atoms with Gasteiger partial charge in [0, 0.05) is 34.3 Å². The van der Waals surface area contributed by atoms with Gasteiger partial charge in [0.25, 0.3) is 0 Å². The van der Waals surface area contributed by atoms with E-state index in [-0.39, 0.29) is 0 Å². The summed E-state index contributed by atoms with van der Waals surface area (Å²) in [7, 11) is 0. The van der Waals surface area contributed by atoms with Crippen molar-refractivity contribution < 1.29 is 28.4 Å². The fourth-order valence-corrected chi connectivity index (χ4v) is 9.23. The summed E-state index contributed by atoms with van der Waals surface area (Å²) in [5.41, 5.74) is 12.7. The van der Waals surface area contributed by atoms with Crippen molar-refractivity contribution in [3.05, 3.63) is 299 Å². The number of ether oxygens (including phenoxy) is 6. The van der Waals surface area contributed by atoms with Gasteiger partial charge in [-0.05, 0) is 131 Å². The van der Waals surface area contributed by atoms with Gasteiger partial charge in [-0.15, -0.1) is 0 Å². The second-order valence-corrected chi connectivity index (χ2v) is 19.4. The third-order valence-electron chi connectivity index (χ3n) is 13.5. The highest BCUT2D eigenvalue weighted by atomic mass is 16.5. The van der Waals surface area contributed by atoms with E-state index in [0.29, 0.717) is 39.6 Å². The summed E-state index contributed by atoms with van der Waals surface area (Å²) in [6, 6.07) is 82.2. The maximum absolute atomic E-state index is 6.31. The van der Waals surface area contributed by atoms with Crippen LogP contribution >= 0.6 is 0 Å². The minimum absolute atomic E-state index is 0.370. The summed E-state index contributed by atoms with van der Waals surface area (Å²) in [4.78, 5) is 10.4. The summed E-state index contributed by atoms with van der Waals surface area (Å²) in [5.74, 6) is 4.52. The molecule has 0 amide bonds. The molecule has 2 heterocycles. The summed E-state index contributed by atoms with van der Waals surface area (Å²) in [5, 5.41) is 2.16. The Kier molecular flexibility index (Phi) is 16.5. The average Bonchev–Trinajstić information content (AvgIpc) is 3.53. The predicted molar refractivity (Wildman–Crippen MR) is 309 cm³/mol.